The van der Waals surface area contributed by atoms with Crippen molar-refractivity contribution in [1.82, 2.24) is 5.32 Å². The molecule has 0 fully saturated rings. The average molecular weight is 225 g/mol. The van der Waals surface area contributed by atoms with Crippen LogP contribution in [0.5, 0.6) is 0 Å². The fourth-order valence-electron chi connectivity index (χ4n) is 2.05. The summed E-state index contributed by atoms with van der Waals surface area (Å²) in [5.41, 5.74) is 2.66. The smallest absolute Gasteiger partial charge is 0.0297 e. The maximum atomic E-state index is 3.61. The second kappa shape index (κ2) is 5.65. The van der Waals surface area contributed by atoms with Gasteiger partial charge in [-0.05, 0) is 25.0 Å². The summed E-state index contributed by atoms with van der Waals surface area (Å²) in [7, 11) is 0. The van der Waals surface area contributed by atoms with Crippen LogP contribution in [0.2, 0.25) is 0 Å². The highest BCUT2D eigenvalue weighted by atomic mass is 14.9. The van der Waals surface area contributed by atoms with E-state index in [0.717, 1.165) is 0 Å². The van der Waals surface area contributed by atoms with Gasteiger partial charge in [-0.3, -0.25) is 0 Å². The molecule has 0 aliphatic heterocycles. The second-order valence-corrected chi connectivity index (χ2v) is 4.43. The lowest BCUT2D eigenvalue weighted by atomic mass is 10.0. The first-order valence-corrected chi connectivity index (χ1v) is 6.13. The molecule has 0 heterocycles. The van der Waals surface area contributed by atoms with Crippen molar-refractivity contribution in [1.29, 1.82) is 0 Å². The van der Waals surface area contributed by atoms with Gasteiger partial charge >= 0.3 is 0 Å². The Balaban J connectivity index is 2.02. The Hall–Kier alpha value is -1.60. The lowest BCUT2D eigenvalue weighted by Gasteiger charge is -2.20. The zero-order valence-corrected chi connectivity index (χ0v) is 10.4. The highest BCUT2D eigenvalue weighted by Gasteiger charge is 2.09. The summed E-state index contributed by atoms with van der Waals surface area (Å²) < 4.78 is 0. The van der Waals surface area contributed by atoms with E-state index in [-0.39, 0.29) is 0 Å². The molecule has 2 aromatic rings. The van der Waals surface area contributed by atoms with Crippen LogP contribution in [0.4, 0.5) is 0 Å². The zero-order valence-electron chi connectivity index (χ0n) is 10.4. The van der Waals surface area contributed by atoms with Gasteiger partial charge in [0, 0.05) is 12.1 Å². The van der Waals surface area contributed by atoms with Gasteiger partial charge in [-0.2, -0.15) is 0 Å². The molecule has 0 radical (unpaired) electrons. The summed E-state index contributed by atoms with van der Waals surface area (Å²) in [6, 6.07) is 21.8. The summed E-state index contributed by atoms with van der Waals surface area (Å²) in [6.07, 6.45) is 0. The van der Waals surface area contributed by atoms with Gasteiger partial charge in [0.1, 0.15) is 0 Å². The topological polar surface area (TPSA) is 12.0 Å². The van der Waals surface area contributed by atoms with E-state index in [1.807, 2.05) is 0 Å². The van der Waals surface area contributed by atoms with Crippen LogP contribution in [0.25, 0.3) is 0 Å². The maximum absolute atomic E-state index is 3.61. The molecule has 1 heteroatoms. The van der Waals surface area contributed by atoms with E-state index in [9.17, 15) is 0 Å². The molecule has 0 amide bonds. The van der Waals surface area contributed by atoms with Crippen molar-refractivity contribution in [2.45, 2.75) is 25.9 Å². The van der Waals surface area contributed by atoms with Crippen LogP contribution in [0.1, 0.15) is 37.1 Å². The van der Waals surface area contributed by atoms with Crippen molar-refractivity contribution in [2.75, 3.05) is 0 Å². The third-order valence-electron chi connectivity index (χ3n) is 3.10. The van der Waals surface area contributed by atoms with Gasteiger partial charge in [-0.15, -0.1) is 0 Å². The Morgan fingerprint density at radius 3 is 1.35 bits per heavy atom. The van der Waals surface area contributed by atoms with Gasteiger partial charge in [-0.1, -0.05) is 60.7 Å². The molecule has 0 spiro atoms. The summed E-state index contributed by atoms with van der Waals surface area (Å²) in [5.74, 6) is 0. The molecule has 0 unspecified atom stereocenters. The van der Waals surface area contributed by atoms with Crippen LogP contribution in [-0.4, -0.2) is 0 Å². The Bertz CT molecular complexity index is 392. The molecule has 2 aromatic carbocycles. The molecule has 1 nitrogen and oxygen atoms in total. The molecule has 17 heavy (non-hydrogen) atoms. The van der Waals surface area contributed by atoms with Gasteiger partial charge in [0.25, 0.3) is 0 Å². The average Bonchev–Trinajstić information content (AvgIpc) is 2.40. The van der Waals surface area contributed by atoms with E-state index in [4.69, 9.17) is 0 Å². The number of benzene rings is 2. The SMILES string of the molecule is C[C@@H](N[C@H](C)c1ccccc1)c1ccccc1. The first kappa shape index (κ1) is 11.9. The quantitative estimate of drug-likeness (QED) is 0.826. The van der Waals surface area contributed by atoms with Gasteiger partial charge < -0.3 is 5.32 Å². The standard InChI is InChI=1S/C16H19N/c1-13(15-9-5-3-6-10-15)17-14(2)16-11-7-4-8-12-16/h3-14,17H,1-2H3/t13-,14-/m1/s1. The van der Waals surface area contributed by atoms with Crippen molar-refractivity contribution < 1.29 is 0 Å². The molecule has 0 aromatic heterocycles. The van der Waals surface area contributed by atoms with Crippen LogP contribution >= 0.6 is 0 Å². The number of hydrogen-bond donors (Lipinski definition) is 1. The third kappa shape index (κ3) is 3.18. The van der Waals surface area contributed by atoms with Crippen molar-refractivity contribution in [2.24, 2.45) is 0 Å². The predicted octanol–water partition coefficient (Wildman–Crippen LogP) is 4.10. The second-order valence-electron chi connectivity index (χ2n) is 4.43. The molecule has 0 saturated carbocycles. The zero-order chi connectivity index (χ0) is 12.1. The van der Waals surface area contributed by atoms with Crippen LogP contribution in [-0.2, 0) is 0 Å². The maximum Gasteiger partial charge on any atom is 0.0297 e. The van der Waals surface area contributed by atoms with Gasteiger partial charge in [0.05, 0.1) is 0 Å². The Kier molecular flexibility index (Phi) is 3.94. The number of hydrogen-bond acceptors (Lipinski definition) is 1. The molecule has 1 N–H and O–H groups in total. The molecule has 0 saturated heterocycles. The van der Waals surface area contributed by atoms with E-state index in [2.05, 4.69) is 79.8 Å². The minimum absolute atomic E-state index is 0.367. The molecule has 88 valence electrons. The lowest BCUT2D eigenvalue weighted by molar-refractivity contribution is 0.495. The highest BCUT2D eigenvalue weighted by Crippen LogP contribution is 2.18. The molecule has 0 aliphatic rings. The lowest BCUT2D eigenvalue weighted by Crippen LogP contribution is -2.22. The van der Waals surface area contributed by atoms with Gasteiger partial charge in [-0.25, -0.2) is 0 Å². The summed E-state index contributed by atoms with van der Waals surface area (Å²) in [5, 5.41) is 3.61. The minimum Gasteiger partial charge on any atom is -0.304 e. The van der Waals surface area contributed by atoms with Crippen molar-refractivity contribution >= 4 is 0 Å². The summed E-state index contributed by atoms with van der Waals surface area (Å²) in [6.45, 7) is 4.41. The molecular weight excluding hydrogens is 206 g/mol. The first-order valence-electron chi connectivity index (χ1n) is 6.13. The molecule has 2 atom stereocenters. The third-order valence-corrected chi connectivity index (χ3v) is 3.10. The number of rotatable bonds is 4. The monoisotopic (exact) mass is 225 g/mol. The van der Waals surface area contributed by atoms with E-state index in [0.29, 0.717) is 12.1 Å². The van der Waals surface area contributed by atoms with Crippen LogP contribution in [0, 0.1) is 0 Å². The summed E-state index contributed by atoms with van der Waals surface area (Å²) in [4.78, 5) is 0. The number of nitrogens with one attached hydrogen (secondary N) is 1. The van der Waals surface area contributed by atoms with E-state index in [1.54, 1.807) is 0 Å². The van der Waals surface area contributed by atoms with Crippen molar-refractivity contribution in [3.05, 3.63) is 71.8 Å². The Morgan fingerprint density at radius 2 is 1.00 bits per heavy atom. The predicted molar refractivity (Wildman–Crippen MR) is 72.8 cm³/mol. The molecule has 2 rings (SSSR count). The Labute approximate surface area is 103 Å². The largest absolute Gasteiger partial charge is 0.304 e. The van der Waals surface area contributed by atoms with Crippen molar-refractivity contribution in [3.63, 3.8) is 0 Å². The highest BCUT2D eigenvalue weighted by molar-refractivity contribution is 5.21. The minimum atomic E-state index is 0.367. The molecule has 0 bridgehead atoms. The van der Waals surface area contributed by atoms with Gasteiger partial charge in [0.15, 0.2) is 0 Å². The van der Waals surface area contributed by atoms with Crippen LogP contribution < -0.4 is 5.32 Å². The van der Waals surface area contributed by atoms with E-state index >= 15 is 0 Å². The fourth-order valence-corrected chi connectivity index (χ4v) is 2.05. The normalized spacial score (nSPS) is 14.2. The van der Waals surface area contributed by atoms with Gasteiger partial charge in [0.2, 0.25) is 0 Å². The fraction of sp³-hybridized carbons (Fsp3) is 0.250. The van der Waals surface area contributed by atoms with E-state index < -0.39 is 0 Å². The van der Waals surface area contributed by atoms with Crippen LogP contribution in [0.3, 0.4) is 0 Å². The van der Waals surface area contributed by atoms with Crippen LogP contribution in [0.15, 0.2) is 60.7 Å². The van der Waals surface area contributed by atoms with E-state index in [1.165, 1.54) is 11.1 Å². The molecular formula is C16H19N. The Morgan fingerprint density at radius 1 is 0.647 bits per heavy atom. The first-order chi connectivity index (χ1) is 8.27. The summed E-state index contributed by atoms with van der Waals surface area (Å²) >= 11 is 0. The molecule has 0 aliphatic carbocycles. The van der Waals surface area contributed by atoms with Crippen molar-refractivity contribution in [3.8, 4) is 0 Å².